The Morgan fingerprint density at radius 3 is 2.50 bits per heavy atom. The van der Waals surface area contributed by atoms with Gasteiger partial charge in [-0.2, -0.15) is 4.72 Å². The van der Waals surface area contributed by atoms with Crippen molar-refractivity contribution in [2.45, 2.75) is 12.5 Å². The predicted octanol–water partition coefficient (Wildman–Crippen LogP) is 1.31. The van der Waals surface area contributed by atoms with Crippen molar-refractivity contribution in [1.29, 1.82) is 0 Å². The topological polar surface area (TPSA) is 83.5 Å². The molecule has 0 aromatic heterocycles. The normalized spacial score (nSPS) is 12.9. The molecule has 0 fully saturated rings. The van der Waals surface area contributed by atoms with Crippen LogP contribution < -0.4 is 4.72 Å². The highest BCUT2D eigenvalue weighted by Gasteiger charge is 2.24. The Balaban J connectivity index is 2.89. The molecule has 0 aliphatic heterocycles. The van der Waals surface area contributed by atoms with Gasteiger partial charge in [-0.15, -0.1) is 6.58 Å². The summed E-state index contributed by atoms with van der Waals surface area (Å²) in [7, 11) is -3.64. The van der Waals surface area contributed by atoms with Crippen LogP contribution in [0.2, 0.25) is 0 Å². The molecule has 0 spiro atoms. The molecule has 5 nitrogen and oxygen atoms in total. The summed E-state index contributed by atoms with van der Waals surface area (Å²) in [6, 6.07) is 6.91. The summed E-state index contributed by atoms with van der Waals surface area (Å²) in [4.78, 5) is 11.1. The van der Waals surface area contributed by atoms with Crippen molar-refractivity contribution in [2.24, 2.45) is 0 Å². The quantitative estimate of drug-likeness (QED) is 0.731. The van der Waals surface area contributed by atoms with Gasteiger partial charge in [0.05, 0.1) is 5.75 Å². The fourth-order valence-electron chi connectivity index (χ4n) is 1.38. The first-order chi connectivity index (χ1) is 8.46. The number of carbonyl (C=O) groups is 1. The first-order valence-electron chi connectivity index (χ1n) is 5.35. The number of sulfonamides is 1. The van der Waals surface area contributed by atoms with E-state index in [0.717, 1.165) is 0 Å². The minimum absolute atomic E-state index is 0.173. The number of carboxylic acid groups (broad SMARTS) is 1. The molecule has 0 saturated heterocycles. The van der Waals surface area contributed by atoms with Crippen molar-refractivity contribution in [3.63, 3.8) is 0 Å². The third kappa shape index (κ3) is 4.31. The summed E-state index contributed by atoms with van der Waals surface area (Å²) in [5, 5.41) is 9.07. The highest BCUT2D eigenvalue weighted by Crippen LogP contribution is 2.14. The van der Waals surface area contributed by atoms with Gasteiger partial charge in [0.15, 0.2) is 0 Å². The molecule has 18 heavy (non-hydrogen) atoms. The van der Waals surface area contributed by atoms with Crippen molar-refractivity contribution in [3.05, 3.63) is 48.6 Å². The number of allylic oxidation sites excluding steroid dienone is 1. The predicted molar refractivity (Wildman–Crippen MR) is 68.6 cm³/mol. The van der Waals surface area contributed by atoms with E-state index >= 15 is 0 Å². The lowest BCUT2D eigenvalue weighted by Gasteiger charge is -2.14. The zero-order valence-corrected chi connectivity index (χ0v) is 10.6. The minimum Gasteiger partial charge on any atom is -0.480 e. The molecule has 6 heteroatoms. The fraction of sp³-hybridized carbons (Fsp3) is 0.250. The molecule has 1 rings (SSSR count). The maximum Gasteiger partial charge on any atom is 0.326 e. The van der Waals surface area contributed by atoms with Crippen LogP contribution in [0.4, 0.5) is 0 Å². The van der Waals surface area contributed by atoms with Crippen molar-refractivity contribution < 1.29 is 18.3 Å². The third-order valence-corrected chi connectivity index (χ3v) is 3.64. The van der Waals surface area contributed by atoms with Crippen LogP contribution in [0.25, 0.3) is 0 Å². The molecule has 0 bridgehead atoms. The standard InChI is InChI=1S/C12H15NO4S/c1-2-3-9-18(16,17)13-11(12(14)15)10-7-5-4-6-8-10/h2,4-8,11,13H,1,3,9H2,(H,14,15)/t11-/m0/s1. The van der Waals surface area contributed by atoms with Crippen LogP contribution in [0.1, 0.15) is 18.0 Å². The molecule has 1 atom stereocenters. The zero-order chi connectivity index (χ0) is 13.6. The van der Waals surface area contributed by atoms with Crippen LogP contribution in [0.15, 0.2) is 43.0 Å². The van der Waals surface area contributed by atoms with E-state index in [0.29, 0.717) is 5.56 Å². The average Bonchev–Trinajstić information content (AvgIpc) is 2.34. The molecule has 1 aromatic rings. The van der Waals surface area contributed by atoms with Crippen LogP contribution in [0, 0.1) is 0 Å². The van der Waals surface area contributed by atoms with Crippen LogP contribution in [-0.4, -0.2) is 25.2 Å². The number of aliphatic carboxylic acids is 1. The third-order valence-electron chi connectivity index (χ3n) is 2.27. The maximum absolute atomic E-state index is 11.7. The second-order valence-corrected chi connectivity index (χ2v) is 5.57. The molecular weight excluding hydrogens is 254 g/mol. The van der Waals surface area contributed by atoms with Crippen molar-refractivity contribution in [3.8, 4) is 0 Å². The molecule has 0 radical (unpaired) electrons. The van der Waals surface area contributed by atoms with Gasteiger partial charge in [-0.1, -0.05) is 36.4 Å². The molecule has 0 aliphatic carbocycles. The number of carboxylic acids is 1. The van der Waals surface area contributed by atoms with E-state index in [2.05, 4.69) is 11.3 Å². The minimum atomic E-state index is -3.64. The maximum atomic E-state index is 11.7. The number of hydrogen-bond acceptors (Lipinski definition) is 3. The second kappa shape index (κ2) is 6.32. The summed E-state index contributed by atoms with van der Waals surface area (Å²) in [6.07, 6.45) is 1.74. The van der Waals surface area contributed by atoms with Crippen LogP contribution in [0.3, 0.4) is 0 Å². The van der Waals surface area contributed by atoms with E-state index in [-0.39, 0.29) is 12.2 Å². The van der Waals surface area contributed by atoms with Crippen molar-refractivity contribution in [1.82, 2.24) is 4.72 Å². The molecule has 0 amide bonds. The van der Waals surface area contributed by atoms with E-state index in [4.69, 9.17) is 5.11 Å². The number of nitrogens with one attached hydrogen (secondary N) is 1. The number of benzene rings is 1. The van der Waals surface area contributed by atoms with E-state index in [9.17, 15) is 13.2 Å². The van der Waals surface area contributed by atoms with Gasteiger partial charge in [-0.3, -0.25) is 4.79 Å². The molecule has 0 unspecified atom stereocenters. The summed E-state index contributed by atoms with van der Waals surface area (Å²) in [6.45, 7) is 3.43. The van der Waals surface area contributed by atoms with Gasteiger partial charge in [0.2, 0.25) is 10.0 Å². The lowest BCUT2D eigenvalue weighted by atomic mass is 10.1. The first kappa shape index (κ1) is 14.4. The molecule has 0 saturated carbocycles. The number of rotatable bonds is 7. The van der Waals surface area contributed by atoms with Crippen molar-refractivity contribution in [2.75, 3.05) is 5.75 Å². The lowest BCUT2D eigenvalue weighted by molar-refractivity contribution is -0.139. The molecule has 1 aromatic carbocycles. The van der Waals surface area contributed by atoms with Crippen LogP contribution >= 0.6 is 0 Å². The zero-order valence-electron chi connectivity index (χ0n) is 9.74. The largest absolute Gasteiger partial charge is 0.480 e. The molecule has 0 aliphatic rings. The number of hydrogen-bond donors (Lipinski definition) is 2. The van der Waals surface area contributed by atoms with E-state index < -0.39 is 22.0 Å². The summed E-state index contributed by atoms with van der Waals surface area (Å²) in [5.41, 5.74) is 0.396. The van der Waals surface area contributed by atoms with E-state index in [1.807, 2.05) is 0 Å². The first-order valence-corrected chi connectivity index (χ1v) is 7.00. The molecule has 98 valence electrons. The van der Waals surface area contributed by atoms with E-state index in [1.54, 1.807) is 30.3 Å². The smallest absolute Gasteiger partial charge is 0.326 e. The van der Waals surface area contributed by atoms with Gasteiger partial charge in [-0.05, 0) is 12.0 Å². The highest BCUT2D eigenvalue weighted by molar-refractivity contribution is 7.89. The Labute approximate surface area is 106 Å². The van der Waals surface area contributed by atoms with Gasteiger partial charge in [0.25, 0.3) is 0 Å². The van der Waals surface area contributed by atoms with Crippen molar-refractivity contribution >= 4 is 16.0 Å². The second-order valence-electron chi connectivity index (χ2n) is 3.70. The van der Waals surface area contributed by atoms with E-state index in [1.165, 1.54) is 6.08 Å². The van der Waals surface area contributed by atoms with Crippen LogP contribution in [0.5, 0.6) is 0 Å². The average molecular weight is 269 g/mol. The Hall–Kier alpha value is -1.66. The van der Waals surface area contributed by atoms with Gasteiger partial charge in [0, 0.05) is 0 Å². The van der Waals surface area contributed by atoms with Crippen LogP contribution in [-0.2, 0) is 14.8 Å². The summed E-state index contributed by atoms with van der Waals surface area (Å²) >= 11 is 0. The molecule has 2 N–H and O–H groups in total. The van der Waals surface area contributed by atoms with Gasteiger partial charge in [0.1, 0.15) is 6.04 Å². The Bertz CT molecular complexity index is 510. The summed E-state index contributed by atoms with van der Waals surface area (Å²) < 4.78 is 25.5. The van der Waals surface area contributed by atoms with Gasteiger partial charge < -0.3 is 5.11 Å². The fourth-order valence-corrected chi connectivity index (χ4v) is 2.57. The van der Waals surface area contributed by atoms with Gasteiger partial charge in [-0.25, -0.2) is 8.42 Å². The molecular formula is C12H15NO4S. The molecule has 0 heterocycles. The SMILES string of the molecule is C=CCCS(=O)(=O)N[C@H](C(=O)O)c1ccccc1. The highest BCUT2D eigenvalue weighted by atomic mass is 32.2. The monoisotopic (exact) mass is 269 g/mol. The lowest BCUT2D eigenvalue weighted by Crippen LogP contribution is -2.35. The summed E-state index contributed by atoms with van der Waals surface area (Å²) in [5.74, 6) is -1.41. The Kier molecular flexibility index (Phi) is 5.06. The Morgan fingerprint density at radius 2 is 2.00 bits per heavy atom. The van der Waals surface area contributed by atoms with Gasteiger partial charge >= 0.3 is 5.97 Å². The Morgan fingerprint density at radius 1 is 1.39 bits per heavy atom.